The van der Waals surface area contributed by atoms with Crippen molar-refractivity contribution in [3.8, 4) is 6.01 Å². The van der Waals surface area contributed by atoms with Gasteiger partial charge in [0.15, 0.2) is 17.0 Å². The molecule has 298 valence electrons. The van der Waals surface area contributed by atoms with Crippen LogP contribution in [0.1, 0.15) is 61.4 Å². The summed E-state index contributed by atoms with van der Waals surface area (Å²) in [6, 6.07) is 4.25. The predicted octanol–water partition coefficient (Wildman–Crippen LogP) is 0.929. The third-order valence-corrected chi connectivity index (χ3v) is 9.24. The Kier molecular flexibility index (Phi) is 20.4. The topological polar surface area (TPSA) is 262 Å². The summed E-state index contributed by atoms with van der Waals surface area (Å²) in [5.41, 5.74) is 19.3. The molecule has 0 bridgehead atoms. The number of thioether (sulfide) groups is 1. The van der Waals surface area contributed by atoms with Gasteiger partial charge in [0, 0.05) is 18.8 Å². The molecule has 2 heterocycles. The van der Waals surface area contributed by atoms with E-state index in [2.05, 4.69) is 55.4 Å². The molecule has 0 saturated heterocycles. The average Bonchev–Trinajstić information content (AvgIpc) is 3.48. The second kappa shape index (κ2) is 25.0. The van der Waals surface area contributed by atoms with Crippen molar-refractivity contribution in [1.82, 2.24) is 40.8 Å². The summed E-state index contributed by atoms with van der Waals surface area (Å²) in [5.74, 6) is -0.258. The molecule has 12 N–H and O–H groups in total. The number of carbonyl (C=O) groups excluding carboxylic acids is 3. The highest BCUT2D eigenvalue weighted by atomic mass is 32.2. The van der Waals surface area contributed by atoms with Gasteiger partial charge < -0.3 is 53.6 Å². The minimum absolute atomic E-state index is 0.143. The van der Waals surface area contributed by atoms with Gasteiger partial charge in [-0.1, -0.05) is 25.5 Å². The van der Waals surface area contributed by atoms with Gasteiger partial charge in [0.05, 0.1) is 18.2 Å². The molecule has 0 fully saturated rings. The molecule has 0 unspecified atom stereocenters. The van der Waals surface area contributed by atoms with Gasteiger partial charge in [-0.05, 0) is 102 Å². The zero-order valence-corrected chi connectivity index (χ0v) is 32.1. The lowest BCUT2D eigenvalue weighted by molar-refractivity contribution is -0.130. The molecule has 0 aliphatic carbocycles. The quantitative estimate of drug-likeness (QED) is 0.0368. The minimum atomic E-state index is -1.15. The Bertz CT molecular complexity index is 1580. The van der Waals surface area contributed by atoms with Crippen LogP contribution in [0.25, 0.3) is 11.2 Å². The maximum atomic E-state index is 13.2. The molecule has 0 saturated carbocycles. The Balaban J connectivity index is 1.55. The first-order chi connectivity index (χ1) is 26.2. The molecule has 2 amide bonds. The highest BCUT2D eigenvalue weighted by Crippen LogP contribution is 2.25. The van der Waals surface area contributed by atoms with Crippen molar-refractivity contribution < 1.29 is 24.2 Å². The van der Waals surface area contributed by atoms with Crippen LogP contribution in [0.15, 0.2) is 24.3 Å². The fraction of sp³-hybridized carbons (Fsp3) is 0.556. The van der Waals surface area contributed by atoms with Crippen LogP contribution in [-0.4, -0.2) is 118 Å². The van der Waals surface area contributed by atoms with Crippen LogP contribution in [0.3, 0.4) is 0 Å². The fourth-order valence-corrected chi connectivity index (χ4v) is 5.83. The SMILES string of the molecule is [CH2][CH]CSC[C@H](N)C(=O)N[C@@H](COC(=O)c1ccc(Cn2c(O)nc3c(N)nc(NCCCC)nc32)cc1)C(=O)NCCCNCCCCNCCCN. The Morgan fingerprint density at radius 3 is 2.35 bits per heavy atom. The van der Waals surface area contributed by atoms with Crippen LogP contribution in [0.5, 0.6) is 6.01 Å². The van der Waals surface area contributed by atoms with Crippen molar-refractivity contribution in [2.45, 2.75) is 64.1 Å². The number of imidazole rings is 1. The first-order valence-corrected chi connectivity index (χ1v) is 19.7. The van der Waals surface area contributed by atoms with Crippen molar-refractivity contribution in [3.63, 3.8) is 0 Å². The monoisotopic (exact) mass is 770 g/mol. The van der Waals surface area contributed by atoms with Gasteiger partial charge in [0.25, 0.3) is 6.01 Å². The number of unbranched alkanes of at least 4 members (excludes halogenated alkanes) is 2. The number of hydrogen-bond acceptors (Lipinski definition) is 15. The standard InChI is InChI=1S/C36H58N12O5S/c1-3-5-19-43-35-46-30(39)29-31(47-35)48(36(52)45-29)22-25-10-12-26(13-11-25)34(51)53-23-28(44-32(49)27(38)24-54-21-4-2)33(50)42-20-9-18-41-16-7-6-15-40-17-8-14-37/h4,10-13,27-28,40-41H,2-3,5-9,14-24,37-38H2,1H3,(H,42,50)(H,44,49)(H,45,52)(H3,39,43,46,47)/t27-,28-/m0/s1. The van der Waals surface area contributed by atoms with Crippen LogP contribution in [0.4, 0.5) is 11.8 Å². The number of esters is 1. The van der Waals surface area contributed by atoms with E-state index in [1.165, 1.54) is 16.3 Å². The van der Waals surface area contributed by atoms with Crippen molar-refractivity contribution in [1.29, 1.82) is 0 Å². The Morgan fingerprint density at radius 2 is 1.67 bits per heavy atom. The molecule has 3 aromatic rings. The summed E-state index contributed by atoms with van der Waals surface area (Å²) >= 11 is 1.44. The van der Waals surface area contributed by atoms with Crippen molar-refractivity contribution in [2.75, 3.05) is 75.0 Å². The number of aromatic nitrogens is 4. The zero-order chi connectivity index (χ0) is 39.1. The average molecular weight is 771 g/mol. The van der Waals surface area contributed by atoms with Crippen LogP contribution in [0.2, 0.25) is 0 Å². The van der Waals surface area contributed by atoms with Crippen LogP contribution < -0.4 is 43.8 Å². The number of ether oxygens (including phenoxy) is 1. The number of aromatic hydroxyl groups is 1. The molecule has 2 aromatic heterocycles. The van der Waals surface area contributed by atoms with Gasteiger partial charge in [-0.2, -0.15) is 26.7 Å². The number of hydrogen-bond donors (Lipinski definition) is 9. The number of amides is 2. The third-order valence-electron chi connectivity index (χ3n) is 8.17. The Labute approximate surface area is 322 Å². The lowest BCUT2D eigenvalue weighted by Crippen LogP contribution is -2.54. The van der Waals surface area contributed by atoms with Crippen molar-refractivity contribution >= 4 is 52.5 Å². The zero-order valence-electron chi connectivity index (χ0n) is 31.3. The van der Waals surface area contributed by atoms with Gasteiger partial charge in [-0.15, -0.1) is 0 Å². The van der Waals surface area contributed by atoms with E-state index in [0.717, 1.165) is 57.3 Å². The van der Waals surface area contributed by atoms with Gasteiger partial charge >= 0.3 is 5.97 Å². The van der Waals surface area contributed by atoms with Gasteiger partial charge in [-0.3, -0.25) is 14.2 Å². The number of benzene rings is 1. The number of carbonyl (C=O) groups is 3. The second-order valence-electron chi connectivity index (χ2n) is 12.7. The lowest BCUT2D eigenvalue weighted by Gasteiger charge is -2.21. The van der Waals surface area contributed by atoms with Crippen molar-refractivity contribution in [2.24, 2.45) is 11.5 Å². The fourth-order valence-electron chi connectivity index (χ4n) is 5.12. The van der Waals surface area contributed by atoms with E-state index in [-0.39, 0.29) is 29.5 Å². The molecule has 0 aliphatic heterocycles. The molecule has 0 aliphatic rings. The number of nitrogens with zero attached hydrogens (tertiary/aromatic N) is 4. The van der Waals surface area contributed by atoms with Gasteiger partial charge in [0.2, 0.25) is 17.8 Å². The van der Waals surface area contributed by atoms with Crippen LogP contribution in [0, 0.1) is 13.3 Å². The number of nitrogens with one attached hydrogen (secondary N) is 5. The molecule has 0 spiro atoms. The van der Waals surface area contributed by atoms with Crippen LogP contribution >= 0.6 is 11.8 Å². The molecular weight excluding hydrogens is 713 g/mol. The summed E-state index contributed by atoms with van der Waals surface area (Å²) in [6.45, 7) is 10.7. The molecular formula is C36H58N12O5S. The number of nitrogens with two attached hydrogens (primary N) is 3. The van der Waals surface area contributed by atoms with Gasteiger partial charge in [0.1, 0.15) is 12.6 Å². The van der Waals surface area contributed by atoms with E-state index >= 15 is 0 Å². The molecule has 1 aromatic carbocycles. The predicted molar refractivity (Wildman–Crippen MR) is 214 cm³/mol. The first-order valence-electron chi connectivity index (χ1n) is 18.5. The summed E-state index contributed by atoms with van der Waals surface area (Å²) in [5, 5.41) is 25.9. The number of anilines is 2. The lowest BCUT2D eigenvalue weighted by atomic mass is 10.1. The smallest absolute Gasteiger partial charge is 0.338 e. The highest BCUT2D eigenvalue weighted by Gasteiger charge is 2.26. The molecule has 18 heteroatoms. The summed E-state index contributed by atoms with van der Waals surface area (Å²) < 4.78 is 7.00. The maximum absolute atomic E-state index is 13.2. The van der Waals surface area contributed by atoms with Gasteiger partial charge in [-0.25, -0.2) is 4.79 Å². The van der Waals surface area contributed by atoms with E-state index in [4.69, 9.17) is 21.9 Å². The number of rotatable bonds is 28. The van der Waals surface area contributed by atoms with Crippen molar-refractivity contribution in [3.05, 3.63) is 48.7 Å². The third kappa shape index (κ3) is 15.3. The summed E-state index contributed by atoms with van der Waals surface area (Å²) in [6.07, 6.45) is 7.38. The Morgan fingerprint density at radius 1 is 0.963 bits per heavy atom. The molecule has 54 heavy (non-hydrogen) atoms. The van der Waals surface area contributed by atoms with Crippen LogP contribution in [-0.2, 0) is 20.9 Å². The van der Waals surface area contributed by atoms with E-state index in [0.29, 0.717) is 55.7 Å². The van der Waals surface area contributed by atoms with E-state index in [1.54, 1.807) is 30.7 Å². The van der Waals surface area contributed by atoms with E-state index < -0.39 is 36.5 Å². The number of fused-ring (bicyclic) bond motifs is 1. The highest BCUT2D eigenvalue weighted by molar-refractivity contribution is 7.99. The van der Waals surface area contributed by atoms with E-state index in [9.17, 15) is 19.5 Å². The molecule has 2 atom stereocenters. The first kappa shape index (κ1) is 44.2. The van der Waals surface area contributed by atoms with E-state index in [1.807, 2.05) is 0 Å². The Hall–Kier alpha value is -4.23. The largest absolute Gasteiger partial charge is 0.480 e. The summed E-state index contributed by atoms with van der Waals surface area (Å²) in [4.78, 5) is 52.0. The number of nitrogen functional groups attached to an aromatic ring is 1. The normalized spacial score (nSPS) is 12.4. The molecule has 2 radical (unpaired) electrons. The maximum Gasteiger partial charge on any atom is 0.338 e. The molecule has 17 nitrogen and oxygen atoms in total. The minimum Gasteiger partial charge on any atom is -0.480 e. The second-order valence-corrected chi connectivity index (χ2v) is 13.7. The summed E-state index contributed by atoms with van der Waals surface area (Å²) in [7, 11) is 0. The molecule has 3 rings (SSSR count).